The van der Waals surface area contributed by atoms with Crippen LogP contribution in [0, 0.1) is 31.6 Å². The van der Waals surface area contributed by atoms with Crippen LogP contribution in [0.3, 0.4) is 0 Å². The van der Waals surface area contributed by atoms with E-state index in [1.54, 1.807) is 6.20 Å². The molecule has 0 bridgehead atoms. The number of hydrogen-bond donors (Lipinski definition) is 5. The van der Waals surface area contributed by atoms with E-state index in [1.807, 2.05) is 19.9 Å². The van der Waals surface area contributed by atoms with Crippen LogP contribution in [-0.2, 0) is 0 Å². The number of nitrogens with zero attached hydrogens (tertiary/aromatic N) is 4. The summed E-state index contributed by atoms with van der Waals surface area (Å²) in [4.78, 5) is 18.7. The Morgan fingerprint density at radius 2 is 1.94 bits per heavy atom. The lowest BCUT2D eigenvalue weighted by Gasteiger charge is -2.33. The maximum atomic E-state index is 11.6. The van der Waals surface area contributed by atoms with Gasteiger partial charge in [0, 0.05) is 30.7 Å². The van der Waals surface area contributed by atoms with Crippen molar-refractivity contribution in [3.8, 4) is 10.6 Å². The standard InChI is InChI=1S/C24H30N6O3S/c1-11(14-4-5-14)26-22-27-12(2)18(21-28-19-13(3)25-9-7-17(19)34-21)20(29-22)30-23(32)8-6-15-16(10-31)24(15,23)33/h7,9,11,14-16,31-33H,4-6,8,10H2,1-3H3,(H2,26,27,29,30). The summed E-state index contributed by atoms with van der Waals surface area (Å²) in [7, 11) is 0. The summed E-state index contributed by atoms with van der Waals surface area (Å²) in [6.45, 7) is 5.82. The highest BCUT2D eigenvalue weighted by atomic mass is 32.1. The highest BCUT2D eigenvalue weighted by Crippen LogP contribution is 2.65. The molecular weight excluding hydrogens is 452 g/mol. The summed E-state index contributed by atoms with van der Waals surface area (Å²) in [6.07, 6.45) is 5.18. The molecule has 0 saturated heterocycles. The molecule has 3 aliphatic carbocycles. The monoisotopic (exact) mass is 482 g/mol. The second kappa shape index (κ2) is 7.55. The minimum Gasteiger partial charge on any atom is -0.396 e. The van der Waals surface area contributed by atoms with E-state index in [4.69, 9.17) is 15.0 Å². The fourth-order valence-electron chi connectivity index (χ4n) is 5.74. The molecule has 0 aliphatic heterocycles. The number of anilines is 2. The number of aromatic nitrogens is 4. The van der Waals surface area contributed by atoms with E-state index in [0.717, 1.165) is 26.6 Å². The van der Waals surface area contributed by atoms with Crippen LogP contribution in [0.25, 0.3) is 20.8 Å². The van der Waals surface area contributed by atoms with E-state index in [2.05, 4.69) is 22.5 Å². The van der Waals surface area contributed by atoms with Gasteiger partial charge in [-0.05, 0) is 58.4 Å². The van der Waals surface area contributed by atoms with Crippen molar-refractivity contribution in [1.29, 1.82) is 0 Å². The molecule has 0 spiro atoms. The molecule has 3 saturated carbocycles. The third-order valence-corrected chi connectivity index (χ3v) is 9.03. The first kappa shape index (κ1) is 22.1. The highest BCUT2D eigenvalue weighted by Gasteiger charge is 2.77. The molecule has 0 aromatic carbocycles. The number of hydrogen-bond acceptors (Lipinski definition) is 10. The van der Waals surface area contributed by atoms with Gasteiger partial charge >= 0.3 is 0 Å². The van der Waals surface area contributed by atoms with Crippen LogP contribution in [0.5, 0.6) is 0 Å². The third-order valence-electron chi connectivity index (χ3n) is 7.99. The van der Waals surface area contributed by atoms with E-state index in [9.17, 15) is 15.3 Å². The van der Waals surface area contributed by atoms with E-state index in [0.29, 0.717) is 36.1 Å². The normalized spacial score (nSPS) is 30.9. The molecule has 5 N–H and O–H groups in total. The van der Waals surface area contributed by atoms with Gasteiger partial charge in [-0.25, -0.2) is 9.97 Å². The summed E-state index contributed by atoms with van der Waals surface area (Å²) in [5, 5.41) is 39.8. The minimum atomic E-state index is -1.59. The Kier molecular flexibility index (Phi) is 4.90. The number of thiazole rings is 1. The zero-order valence-corrected chi connectivity index (χ0v) is 20.4. The largest absolute Gasteiger partial charge is 0.396 e. The lowest BCUT2D eigenvalue weighted by atomic mass is 10.00. The number of nitrogens with one attached hydrogen (secondary N) is 2. The Bertz CT molecular complexity index is 1270. The Labute approximate surface area is 201 Å². The zero-order chi connectivity index (χ0) is 23.8. The number of pyridine rings is 1. The van der Waals surface area contributed by atoms with Crippen LogP contribution < -0.4 is 10.6 Å². The molecule has 34 heavy (non-hydrogen) atoms. The van der Waals surface area contributed by atoms with E-state index in [1.165, 1.54) is 24.2 Å². The molecule has 3 fully saturated rings. The van der Waals surface area contributed by atoms with Crippen molar-refractivity contribution in [3.63, 3.8) is 0 Å². The minimum absolute atomic E-state index is 0.120. The third kappa shape index (κ3) is 3.23. The number of rotatable bonds is 7. The summed E-state index contributed by atoms with van der Waals surface area (Å²) >= 11 is 1.52. The molecule has 5 unspecified atom stereocenters. The van der Waals surface area contributed by atoms with Crippen LogP contribution in [0.1, 0.15) is 44.0 Å². The molecule has 6 rings (SSSR count). The maximum absolute atomic E-state index is 11.6. The Morgan fingerprint density at radius 1 is 1.15 bits per heavy atom. The van der Waals surface area contributed by atoms with Crippen molar-refractivity contribution in [2.75, 3.05) is 17.2 Å². The van der Waals surface area contributed by atoms with Gasteiger partial charge in [0.15, 0.2) is 5.72 Å². The van der Waals surface area contributed by atoms with Crippen molar-refractivity contribution >= 4 is 33.3 Å². The fourth-order valence-corrected chi connectivity index (χ4v) is 6.85. The van der Waals surface area contributed by atoms with Crippen LogP contribution in [0.4, 0.5) is 11.8 Å². The first-order valence-corrected chi connectivity index (χ1v) is 12.8. The van der Waals surface area contributed by atoms with E-state index in [-0.39, 0.29) is 24.5 Å². The number of aryl methyl sites for hydroxylation is 2. The molecule has 3 aromatic rings. The predicted octanol–water partition coefficient (Wildman–Crippen LogP) is 2.84. The molecule has 9 nitrogen and oxygen atoms in total. The number of aliphatic hydroxyl groups excluding tert-OH is 1. The Morgan fingerprint density at radius 3 is 2.62 bits per heavy atom. The van der Waals surface area contributed by atoms with E-state index < -0.39 is 11.3 Å². The molecule has 5 atom stereocenters. The van der Waals surface area contributed by atoms with Gasteiger partial charge in [-0.1, -0.05) is 0 Å². The number of aliphatic hydroxyl groups is 3. The first-order chi connectivity index (χ1) is 16.2. The van der Waals surface area contributed by atoms with Crippen molar-refractivity contribution in [3.05, 3.63) is 23.7 Å². The van der Waals surface area contributed by atoms with Crippen LogP contribution >= 0.6 is 11.3 Å². The smallest absolute Gasteiger partial charge is 0.225 e. The van der Waals surface area contributed by atoms with Crippen LogP contribution in [-0.4, -0.2) is 59.2 Å². The van der Waals surface area contributed by atoms with Gasteiger partial charge in [-0.3, -0.25) is 4.98 Å². The van der Waals surface area contributed by atoms with Crippen molar-refractivity contribution in [1.82, 2.24) is 19.9 Å². The van der Waals surface area contributed by atoms with Gasteiger partial charge < -0.3 is 26.0 Å². The summed E-state index contributed by atoms with van der Waals surface area (Å²) in [5.74, 6) is 1.08. The van der Waals surface area contributed by atoms with Gasteiger partial charge in [0.2, 0.25) is 5.95 Å². The summed E-state index contributed by atoms with van der Waals surface area (Å²) in [5.41, 5.74) is 0.145. The average molecular weight is 483 g/mol. The lowest BCUT2D eigenvalue weighted by molar-refractivity contribution is -0.0768. The van der Waals surface area contributed by atoms with Crippen LogP contribution in [0.2, 0.25) is 0 Å². The van der Waals surface area contributed by atoms with Gasteiger partial charge in [0.1, 0.15) is 21.9 Å². The lowest BCUT2D eigenvalue weighted by Crippen LogP contribution is -2.51. The molecule has 10 heteroatoms. The van der Waals surface area contributed by atoms with Gasteiger partial charge in [0.25, 0.3) is 0 Å². The topological polar surface area (TPSA) is 136 Å². The van der Waals surface area contributed by atoms with Crippen molar-refractivity contribution < 1.29 is 15.3 Å². The molecule has 3 aliphatic rings. The molecule has 180 valence electrons. The number of fused-ring (bicyclic) bond motifs is 2. The first-order valence-electron chi connectivity index (χ1n) is 12.0. The Hall–Kier alpha value is -2.40. The maximum Gasteiger partial charge on any atom is 0.225 e. The second-order valence-corrected chi connectivity index (χ2v) is 11.2. The summed E-state index contributed by atoms with van der Waals surface area (Å²) in [6, 6.07) is 2.19. The Balaban J connectivity index is 1.44. The van der Waals surface area contributed by atoms with Crippen molar-refractivity contribution in [2.24, 2.45) is 17.8 Å². The molecule has 0 amide bonds. The zero-order valence-electron chi connectivity index (χ0n) is 19.5. The fraction of sp³-hybridized carbons (Fsp3) is 0.583. The molecule has 3 aromatic heterocycles. The summed E-state index contributed by atoms with van der Waals surface area (Å²) < 4.78 is 1.01. The quantitative estimate of drug-likeness (QED) is 0.322. The van der Waals surface area contributed by atoms with Gasteiger partial charge in [0.05, 0.1) is 21.7 Å². The molecule has 3 heterocycles. The second-order valence-electron chi connectivity index (χ2n) is 10.1. The molecular formula is C24H30N6O3S. The SMILES string of the molecule is Cc1nc(NC(C)C2CC2)nc(NC2(O)CCC3C(CO)C32O)c1-c1nc2c(C)nccc2s1. The predicted molar refractivity (Wildman–Crippen MR) is 131 cm³/mol. The van der Waals surface area contributed by atoms with Crippen LogP contribution in [0.15, 0.2) is 12.3 Å². The highest BCUT2D eigenvalue weighted by molar-refractivity contribution is 7.21. The van der Waals surface area contributed by atoms with E-state index >= 15 is 0 Å². The van der Waals surface area contributed by atoms with Gasteiger partial charge in [-0.2, -0.15) is 4.98 Å². The molecule has 0 radical (unpaired) electrons. The average Bonchev–Trinajstić information content (AvgIpc) is 3.66. The van der Waals surface area contributed by atoms with Gasteiger partial charge in [-0.15, -0.1) is 11.3 Å². The van der Waals surface area contributed by atoms with Crippen molar-refractivity contribution in [2.45, 2.75) is 63.8 Å².